The van der Waals surface area contributed by atoms with Gasteiger partial charge in [-0.2, -0.15) is 0 Å². The molecule has 0 radical (unpaired) electrons. The van der Waals surface area contributed by atoms with Crippen LogP contribution in [0.2, 0.25) is 0 Å². The van der Waals surface area contributed by atoms with E-state index >= 15 is 0 Å². The first kappa shape index (κ1) is 22.4. The SMILES string of the molecule is CC1(C)CNC(=C=O)c2ccc(-c3nc(N[C@H]4CC[C@H](NS(C)(=O)=O)C4)ncc3F)cc21. The molecule has 1 aromatic heterocycles. The monoisotopic (exact) mass is 459 g/mol. The summed E-state index contributed by atoms with van der Waals surface area (Å²) in [5, 5.41) is 6.29. The predicted octanol–water partition coefficient (Wildman–Crippen LogP) is 2.22. The van der Waals surface area contributed by atoms with Crippen LogP contribution in [0.4, 0.5) is 10.3 Å². The van der Waals surface area contributed by atoms with Gasteiger partial charge in [0.1, 0.15) is 11.4 Å². The van der Waals surface area contributed by atoms with Crippen molar-refractivity contribution in [1.82, 2.24) is 20.0 Å². The normalized spacial score (nSPS) is 22.1. The van der Waals surface area contributed by atoms with Gasteiger partial charge in [-0.05, 0) is 30.9 Å². The Hall–Kier alpha value is -2.81. The van der Waals surface area contributed by atoms with Gasteiger partial charge in [0, 0.05) is 35.2 Å². The van der Waals surface area contributed by atoms with E-state index in [-0.39, 0.29) is 23.2 Å². The first-order valence-corrected chi connectivity index (χ1v) is 12.4. The van der Waals surface area contributed by atoms with Gasteiger partial charge < -0.3 is 10.6 Å². The third kappa shape index (κ3) is 4.67. The molecule has 1 aromatic carbocycles. The van der Waals surface area contributed by atoms with Gasteiger partial charge in [0.25, 0.3) is 0 Å². The van der Waals surface area contributed by atoms with Crippen LogP contribution >= 0.6 is 0 Å². The van der Waals surface area contributed by atoms with Crippen LogP contribution in [0.15, 0.2) is 24.4 Å². The molecule has 1 saturated carbocycles. The van der Waals surface area contributed by atoms with E-state index in [1.165, 1.54) is 0 Å². The molecule has 8 nitrogen and oxygen atoms in total. The van der Waals surface area contributed by atoms with Gasteiger partial charge in [0.2, 0.25) is 16.0 Å². The van der Waals surface area contributed by atoms with Crippen molar-refractivity contribution in [3.63, 3.8) is 0 Å². The molecule has 1 fully saturated rings. The highest BCUT2D eigenvalue weighted by Crippen LogP contribution is 2.36. The molecule has 3 N–H and O–H groups in total. The van der Waals surface area contributed by atoms with Crippen molar-refractivity contribution in [2.45, 2.75) is 50.6 Å². The third-order valence-electron chi connectivity index (χ3n) is 5.99. The van der Waals surface area contributed by atoms with E-state index in [1.807, 2.05) is 12.0 Å². The van der Waals surface area contributed by atoms with Crippen LogP contribution in [-0.2, 0) is 20.2 Å². The van der Waals surface area contributed by atoms with E-state index in [2.05, 4.69) is 39.2 Å². The van der Waals surface area contributed by atoms with E-state index in [0.29, 0.717) is 36.6 Å². The maximum absolute atomic E-state index is 14.7. The minimum absolute atomic E-state index is 0.0126. The van der Waals surface area contributed by atoms with Gasteiger partial charge in [0.15, 0.2) is 11.8 Å². The summed E-state index contributed by atoms with van der Waals surface area (Å²) >= 11 is 0. The summed E-state index contributed by atoms with van der Waals surface area (Å²) in [5.41, 5.74) is 2.57. The van der Waals surface area contributed by atoms with Crippen LogP contribution in [0.1, 0.15) is 44.2 Å². The summed E-state index contributed by atoms with van der Waals surface area (Å²) < 4.78 is 40.2. The molecule has 10 heteroatoms. The fourth-order valence-electron chi connectivity index (χ4n) is 4.40. The number of aromatic nitrogens is 2. The maximum Gasteiger partial charge on any atom is 0.223 e. The zero-order chi connectivity index (χ0) is 23.1. The van der Waals surface area contributed by atoms with Crippen LogP contribution in [0.5, 0.6) is 0 Å². The zero-order valence-corrected chi connectivity index (χ0v) is 19.0. The molecule has 1 aliphatic carbocycles. The smallest absolute Gasteiger partial charge is 0.223 e. The molecule has 170 valence electrons. The Morgan fingerprint density at radius 1 is 1.25 bits per heavy atom. The lowest BCUT2D eigenvalue weighted by Gasteiger charge is -2.34. The van der Waals surface area contributed by atoms with Crippen molar-refractivity contribution in [2.24, 2.45) is 0 Å². The third-order valence-corrected chi connectivity index (χ3v) is 6.75. The van der Waals surface area contributed by atoms with Crippen LogP contribution in [-0.4, -0.2) is 49.2 Å². The molecule has 1 aliphatic heterocycles. The Bertz CT molecular complexity index is 1210. The molecule has 2 atom stereocenters. The standard InChI is InChI=1S/C22H26FN5O3S/c1-22(2)12-25-19(11-29)16-7-4-13(8-17(16)22)20-18(23)10-24-21(27-20)26-14-5-6-15(9-14)28-32(3,30)31/h4,7-8,10,14-15,25,28H,5-6,9,12H2,1-3H3,(H,24,26,27)/t14-,15-/m0/s1. The van der Waals surface area contributed by atoms with Gasteiger partial charge in [-0.25, -0.2) is 32.3 Å². The quantitative estimate of drug-likeness (QED) is 0.588. The summed E-state index contributed by atoms with van der Waals surface area (Å²) in [6, 6.07) is 5.23. The van der Waals surface area contributed by atoms with Crippen molar-refractivity contribution in [2.75, 3.05) is 18.1 Å². The first-order valence-electron chi connectivity index (χ1n) is 10.5. The highest BCUT2D eigenvalue weighted by Gasteiger charge is 2.31. The number of hydrogen-bond donors (Lipinski definition) is 3. The summed E-state index contributed by atoms with van der Waals surface area (Å²) in [7, 11) is -3.26. The number of halogens is 1. The average Bonchev–Trinajstić information content (AvgIpc) is 3.14. The van der Waals surface area contributed by atoms with E-state index in [0.717, 1.165) is 30.0 Å². The van der Waals surface area contributed by atoms with Crippen LogP contribution in [0.3, 0.4) is 0 Å². The molecule has 2 aromatic rings. The molecule has 4 rings (SSSR count). The Labute approximate surface area is 186 Å². The number of rotatable bonds is 5. The van der Waals surface area contributed by atoms with Gasteiger partial charge in [-0.3, -0.25) is 0 Å². The highest BCUT2D eigenvalue weighted by atomic mass is 32.2. The number of fused-ring (bicyclic) bond motifs is 1. The number of sulfonamides is 1. The van der Waals surface area contributed by atoms with Crippen LogP contribution < -0.4 is 15.4 Å². The molecule has 2 aliphatic rings. The van der Waals surface area contributed by atoms with Crippen molar-refractivity contribution >= 4 is 27.6 Å². The van der Waals surface area contributed by atoms with Crippen molar-refractivity contribution in [1.29, 1.82) is 0 Å². The Balaban J connectivity index is 1.60. The van der Waals surface area contributed by atoms with Crippen LogP contribution in [0, 0.1) is 5.82 Å². The van der Waals surface area contributed by atoms with E-state index < -0.39 is 15.8 Å². The number of hydrogen-bond acceptors (Lipinski definition) is 7. The minimum atomic E-state index is -3.26. The number of nitrogens with one attached hydrogen (secondary N) is 3. The van der Waals surface area contributed by atoms with Crippen molar-refractivity contribution in [3.8, 4) is 11.3 Å². The second kappa shape index (κ2) is 8.27. The molecule has 2 heterocycles. The molecular weight excluding hydrogens is 433 g/mol. The fourth-order valence-corrected chi connectivity index (χ4v) is 5.22. The summed E-state index contributed by atoms with van der Waals surface area (Å²) in [6.45, 7) is 4.67. The Morgan fingerprint density at radius 3 is 2.72 bits per heavy atom. The van der Waals surface area contributed by atoms with Crippen molar-refractivity contribution in [3.05, 3.63) is 41.3 Å². The molecule has 0 saturated heterocycles. The maximum atomic E-state index is 14.7. The molecule has 0 bridgehead atoms. The van der Waals surface area contributed by atoms with Gasteiger partial charge in [-0.1, -0.05) is 26.0 Å². The zero-order valence-electron chi connectivity index (χ0n) is 18.2. The van der Waals surface area contributed by atoms with E-state index in [9.17, 15) is 17.6 Å². The largest absolute Gasteiger partial charge is 0.375 e. The Kier molecular flexibility index (Phi) is 5.79. The lowest BCUT2D eigenvalue weighted by molar-refractivity contribution is 0.492. The predicted molar refractivity (Wildman–Crippen MR) is 121 cm³/mol. The molecule has 0 amide bonds. The lowest BCUT2D eigenvalue weighted by atomic mass is 9.77. The summed E-state index contributed by atoms with van der Waals surface area (Å²) in [6.07, 6.45) is 4.34. The molecule has 0 unspecified atom stereocenters. The topological polar surface area (TPSA) is 113 Å². The van der Waals surface area contributed by atoms with Crippen molar-refractivity contribution < 1.29 is 17.6 Å². The molecular formula is C22H26FN5O3S. The number of anilines is 1. The first-order chi connectivity index (χ1) is 15.1. The molecule has 0 spiro atoms. The number of benzene rings is 1. The minimum Gasteiger partial charge on any atom is -0.375 e. The lowest BCUT2D eigenvalue weighted by Crippen LogP contribution is -2.38. The molecule has 32 heavy (non-hydrogen) atoms. The van der Waals surface area contributed by atoms with Crippen LogP contribution in [0.25, 0.3) is 17.0 Å². The summed E-state index contributed by atoms with van der Waals surface area (Å²) in [4.78, 5) is 19.8. The fraction of sp³-hybridized carbons (Fsp3) is 0.455. The van der Waals surface area contributed by atoms with E-state index in [4.69, 9.17) is 0 Å². The number of carbonyl (C=O) groups excluding carboxylic acids is 1. The summed E-state index contributed by atoms with van der Waals surface area (Å²) in [5.74, 6) is 1.68. The highest BCUT2D eigenvalue weighted by molar-refractivity contribution is 7.88. The second-order valence-electron chi connectivity index (χ2n) is 9.11. The Morgan fingerprint density at radius 2 is 2.00 bits per heavy atom. The van der Waals surface area contributed by atoms with E-state index in [1.54, 1.807) is 12.1 Å². The second-order valence-corrected chi connectivity index (χ2v) is 10.9. The number of nitrogens with zero attached hydrogens (tertiary/aromatic N) is 2. The van der Waals surface area contributed by atoms with Gasteiger partial charge in [0.05, 0.1) is 12.5 Å². The average molecular weight is 460 g/mol. The van der Waals surface area contributed by atoms with Gasteiger partial charge >= 0.3 is 0 Å². The van der Waals surface area contributed by atoms with Gasteiger partial charge in [-0.15, -0.1) is 0 Å².